The van der Waals surface area contributed by atoms with E-state index in [0.29, 0.717) is 0 Å². The van der Waals surface area contributed by atoms with Gasteiger partial charge in [0.25, 0.3) is 10.0 Å². The van der Waals surface area contributed by atoms with Crippen LogP contribution in [0.3, 0.4) is 0 Å². The van der Waals surface area contributed by atoms with Crippen LogP contribution in [0.15, 0.2) is 47.4 Å². The molecule has 0 aliphatic carbocycles. The Bertz CT molecular complexity index is 806. The quantitative estimate of drug-likeness (QED) is 0.866. The van der Waals surface area contributed by atoms with Gasteiger partial charge in [-0.2, -0.15) is 0 Å². The van der Waals surface area contributed by atoms with Crippen molar-refractivity contribution in [2.24, 2.45) is 0 Å². The number of benzene rings is 2. The van der Waals surface area contributed by atoms with Gasteiger partial charge in [-0.15, -0.1) is 0 Å². The predicted molar refractivity (Wildman–Crippen MR) is 80.0 cm³/mol. The Labute approximate surface area is 131 Å². The predicted octanol–water partition coefficient (Wildman–Crippen LogP) is 3.07. The summed E-state index contributed by atoms with van der Waals surface area (Å²) in [6, 6.07) is 8.50. The van der Waals surface area contributed by atoms with Gasteiger partial charge >= 0.3 is 5.97 Å². The molecule has 8 heteroatoms. The van der Waals surface area contributed by atoms with Gasteiger partial charge in [-0.1, -0.05) is 11.6 Å². The molecule has 0 aliphatic heterocycles. The highest BCUT2D eigenvalue weighted by Crippen LogP contribution is 2.25. The second kappa shape index (κ2) is 6.33. The second-order valence-electron chi connectivity index (χ2n) is 4.25. The molecule has 1 N–H and O–H groups in total. The zero-order chi connectivity index (χ0) is 16.3. The standard InChI is InChI=1S/C14H11ClFNO4S/c1-21-14(18)9-2-7-13(12(15)8-9)22(19,20)17-11-5-3-10(16)4-6-11/h2-8,17H,1H3. The molecule has 0 spiro atoms. The molecule has 0 aromatic heterocycles. The maximum Gasteiger partial charge on any atom is 0.337 e. The summed E-state index contributed by atoms with van der Waals surface area (Å²) in [7, 11) is -2.76. The fourth-order valence-electron chi connectivity index (χ4n) is 1.69. The van der Waals surface area contributed by atoms with E-state index < -0.39 is 21.8 Å². The molecule has 0 atom stereocenters. The maximum atomic E-state index is 12.8. The molecule has 0 fully saturated rings. The van der Waals surface area contributed by atoms with Crippen molar-refractivity contribution < 1.29 is 22.3 Å². The molecule has 5 nitrogen and oxygen atoms in total. The normalized spacial score (nSPS) is 11.0. The van der Waals surface area contributed by atoms with Gasteiger partial charge in [0.05, 0.1) is 17.7 Å². The van der Waals surface area contributed by atoms with Crippen molar-refractivity contribution in [3.05, 3.63) is 58.9 Å². The summed E-state index contributed by atoms with van der Waals surface area (Å²) in [6.07, 6.45) is 0. The van der Waals surface area contributed by atoms with E-state index in [0.717, 1.165) is 12.1 Å². The fraction of sp³-hybridized carbons (Fsp3) is 0.0714. The van der Waals surface area contributed by atoms with Crippen LogP contribution in [-0.2, 0) is 14.8 Å². The Morgan fingerprint density at radius 2 is 1.82 bits per heavy atom. The largest absolute Gasteiger partial charge is 0.465 e. The molecule has 22 heavy (non-hydrogen) atoms. The Morgan fingerprint density at radius 1 is 1.18 bits per heavy atom. The Morgan fingerprint density at radius 3 is 2.36 bits per heavy atom. The Balaban J connectivity index is 2.33. The number of esters is 1. The zero-order valence-corrected chi connectivity index (χ0v) is 12.9. The highest BCUT2D eigenvalue weighted by atomic mass is 35.5. The lowest BCUT2D eigenvalue weighted by Crippen LogP contribution is -2.14. The Hall–Kier alpha value is -2.12. The number of rotatable bonds is 4. The van der Waals surface area contributed by atoms with E-state index in [1.165, 1.54) is 37.4 Å². The van der Waals surface area contributed by atoms with Crippen LogP contribution in [0.4, 0.5) is 10.1 Å². The lowest BCUT2D eigenvalue weighted by atomic mass is 10.2. The van der Waals surface area contributed by atoms with Gasteiger partial charge in [-0.3, -0.25) is 4.72 Å². The van der Waals surface area contributed by atoms with Gasteiger partial charge in [-0.25, -0.2) is 17.6 Å². The van der Waals surface area contributed by atoms with Gasteiger partial charge in [0.1, 0.15) is 10.7 Å². The summed E-state index contributed by atoms with van der Waals surface area (Å²) in [5.74, 6) is -1.11. The van der Waals surface area contributed by atoms with Crippen LogP contribution < -0.4 is 4.72 Å². The molecule has 0 aliphatic rings. The number of nitrogens with one attached hydrogen (secondary N) is 1. The molecule has 0 heterocycles. The third-order valence-corrected chi connectivity index (χ3v) is 4.60. The first kappa shape index (κ1) is 16.3. The van der Waals surface area contributed by atoms with E-state index in [1.807, 2.05) is 0 Å². The molecule has 0 bridgehead atoms. The molecular weight excluding hydrogens is 333 g/mol. The van der Waals surface area contributed by atoms with E-state index in [2.05, 4.69) is 9.46 Å². The summed E-state index contributed by atoms with van der Waals surface area (Å²) >= 11 is 5.92. The van der Waals surface area contributed by atoms with Crippen molar-refractivity contribution >= 4 is 33.3 Å². The van der Waals surface area contributed by atoms with E-state index in [4.69, 9.17) is 11.6 Å². The number of methoxy groups -OCH3 is 1. The van der Waals surface area contributed by atoms with E-state index >= 15 is 0 Å². The number of hydrogen-bond donors (Lipinski definition) is 1. The minimum absolute atomic E-state index is 0.127. The average Bonchev–Trinajstić information content (AvgIpc) is 2.48. The maximum absolute atomic E-state index is 12.8. The molecule has 0 amide bonds. The summed E-state index contributed by atoms with van der Waals surface area (Å²) < 4.78 is 44.1. The van der Waals surface area contributed by atoms with Crippen molar-refractivity contribution in [2.75, 3.05) is 11.8 Å². The highest BCUT2D eigenvalue weighted by Gasteiger charge is 2.20. The third kappa shape index (κ3) is 3.55. The number of hydrogen-bond acceptors (Lipinski definition) is 4. The number of anilines is 1. The SMILES string of the molecule is COC(=O)c1ccc(S(=O)(=O)Nc2ccc(F)cc2)c(Cl)c1. The van der Waals surface area contributed by atoms with E-state index in [1.54, 1.807) is 0 Å². The molecule has 2 rings (SSSR count). The van der Waals surface area contributed by atoms with Crippen molar-refractivity contribution in [3.63, 3.8) is 0 Å². The lowest BCUT2D eigenvalue weighted by molar-refractivity contribution is 0.0600. The van der Waals surface area contributed by atoms with Crippen LogP contribution >= 0.6 is 11.6 Å². The van der Waals surface area contributed by atoms with Gasteiger partial charge in [0, 0.05) is 5.69 Å². The zero-order valence-electron chi connectivity index (χ0n) is 11.3. The lowest BCUT2D eigenvalue weighted by Gasteiger charge is -2.10. The van der Waals surface area contributed by atoms with Crippen molar-refractivity contribution in [1.82, 2.24) is 0 Å². The summed E-state index contributed by atoms with van der Waals surface area (Å²) in [5, 5.41) is -0.127. The first-order valence-electron chi connectivity index (χ1n) is 6.00. The number of halogens is 2. The van der Waals surface area contributed by atoms with Crippen LogP contribution in [0, 0.1) is 5.82 Å². The van der Waals surface area contributed by atoms with Gasteiger partial charge < -0.3 is 4.74 Å². The van der Waals surface area contributed by atoms with Crippen LogP contribution in [0.2, 0.25) is 5.02 Å². The summed E-state index contributed by atoms with van der Waals surface area (Å²) in [5.41, 5.74) is 0.322. The topological polar surface area (TPSA) is 72.5 Å². The van der Waals surface area contributed by atoms with Crippen molar-refractivity contribution in [2.45, 2.75) is 4.90 Å². The van der Waals surface area contributed by atoms with Gasteiger partial charge in [0.15, 0.2) is 0 Å². The molecule has 0 saturated carbocycles. The van der Waals surface area contributed by atoms with Gasteiger partial charge in [0.2, 0.25) is 0 Å². The van der Waals surface area contributed by atoms with Crippen molar-refractivity contribution in [3.8, 4) is 0 Å². The first-order valence-corrected chi connectivity index (χ1v) is 7.86. The molecule has 116 valence electrons. The van der Waals surface area contributed by atoms with Crippen LogP contribution in [0.25, 0.3) is 0 Å². The molecule has 0 saturated heterocycles. The summed E-state index contributed by atoms with van der Waals surface area (Å²) in [4.78, 5) is 11.2. The fourth-order valence-corrected chi connectivity index (χ4v) is 3.30. The smallest absolute Gasteiger partial charge is 0.337 e. The van der Waals surface area contributed by atoms with Gasteiger partial charge in [-0.05, 0) is 42.5 Å². The van der Waals surface area contributed by atoms with Crippen LogP contribution in [0.1, 0.15) is 10.4 Å². The van der Waals surface area contributed by atoms with Crippen LogP contribution in [0.5, 0.6) is 0 Å². The monoisotopic (exact) mass is 343 g/mol. The average molecular weight is 344 g/mol. The number of carbonyl (C=O) groups excluding carboxylic acids is 1. The van der Waals surface area contributed by atoms with Crippen molar-refractivity contribution in [1.29, 1.82) is 0 Å². The second-order valence-corrected chi connectivity index (χ2v) is 6.31. The molecule has 2 aromatic rings. The number of sulfonamides is 1. The molecular formula is C14H11ClFNO4S. The number of ether oxygens (including phenoxy) is 1. The summed E-state index contributed by atoms with van der Waals surface area (Å²) in [6.45, 7) is 0. The molecule has 0 radical (unpaired) electrons. The third-order valence-electron chi connectivity index (χ3n) is 2.74. The molecule has 2 aromatic carbocycles. The Kier molecular flexibility index (Phi) is 4.68. The highest BCUT2D eigenvalue weighted by molar-refractivity contribution is 7.92. The first-order chi connectivity index (χ1) is 10.3. The van der Waals surface area contributed by atoms with E-state index in [9.17, 15) is 17.6 Å². The number of carbonyl (C=O) groups is 1. The van der Waals surface area contributed by atoms with E-state index in [-0.39, 0.29) is 21.2 Å². The van der Waals surface area contributed by atoms with Crippen LogP contribution in [-0.4, -0.2) is 21.5 Å². The molecule has 0 unspecified atom stereocenters. The minimum atomic E-state index is -3.96. The minimum Gasteiger partial charge on any atom is -0.465 e.